The van der Waals surface area contributed by atoms with Crippen LogP contribution in [-0.2, 0) is 27.4 Å². The van der Waals surface area contributed by atoms with Gasteiger partial charge in [0.1, 0.15) is 29.4 Å². The van der Waals surface area contributed by atoms with Crippen molar-refractivity contribution < 1.29 is 43.9 Å². The van der Waals surface area contributed by atoms with E-state index in [1.54, 1.807) is 37.2 Å². The summed E-state index contributed by atoms with van der Waals surface area (Å²) in [6, 6.07) is 16.8. The Balaban J connectivity index is 1.35. The molecule has 3 aliphatic carbocycles. The van der Waals surface area contributed by atoms with E-state index in [4.69, 9.17) is 19.9 Å². The van der Waals surface area contributed by atoms with Crippen LogP contribution in [0.4, 0.5) is 0 Å². The number of allylic oxidation sites excluding steroid dienone is 1. The van der Waals surface area contributed by atoms with E-state index in [1.165, 1.54) is 6.07 Å². The van der Waals surface area contributed by atoms with Gasteiger partial charge in [-0.1, -0.05) is 42.5 Å². The number of hydrogen-bond donors (Lipinski definition) is 4. The number of nitrogens with zero attached hydrogens (tertiary/aromatic N) is 1. The van der Waals surface area contributed by atoms with Crippen molar-refractivity contribution in [1.29, 1.82) is 0 Å². The Morgan fingerprint density at radius 2 is 1.78 bits per heavy atom. The number of likely N-dealkylation sites (N-methyl/N-ethyl adjacent to an activating group) is 1. The second kappa shape index (κ2) is 10.7. The van der Waals surface area contributed by atoms with E-state index in [0.29, 0.717) is 22.6 Å². The molecule has 5 N–H and O–H groups in total. The van der Waals surface area contributed by atoms with Crippen LogP contribution in [0.2, 0.25) is 0 Å². The van der Waals surface area contributed by atoms with Crippen LogP contribution in [0.5, 0.6) is 17.2 Å². The highest BCUT2D eigenvalue weighted by molar-refractivity contribution is 6.25. The van der Waals surface area contributed by atoms with Crippen molar-refractivity contribution in [3.8, 4) is 28.4 Å². The topological polar surface area (TPSA) is 169 Å². The fraction of sp³-hybridized carbons (Fsp3) is 0.286. The number of aromatic hydroxyl groups is 1. The van der Waals surface area contributed by atoms with Gasteiger partial charge in [0.25, 0.3) is 5.91 Å². The number of ether oxygens (including phenoxy) is 3. The smallest absolute Gasteiger partial charge is 0.255 e. The highest BCUT2D eigenvalue weighted by atomic mass is 16.7. The molecule has 0 saturated carbocycles. The van der Waals surface area contributed by atoms with Gasteiger partial charge in [0, 0.05) is 11.5 Å². The molecule has 0 spiro atoms. The Bertz CT molecular complexity index is 1880. The molecule has 46 heavy (non-hydrogen) atoms. The van der Waals surface area contributed by atoms with Crippen molar-refractivity contribution in [3.63, 3.8) is 0 Å². The summed E-state index contributed by atoms with van der Waals surface area (Å²) < 4.78 is 17.1. The van der Waals surface area contributed by atoms with Gasteiger partial charge in [-0.25, -0.2) is 0 Å². The van der Waals surface area contributed by atoms with E-state index < -0.39 is 52.3 Å². The average Bonchev–Trinajstić information content (AvgIpc) is 3.50. The zero-order valence-corrected chi connectivity index (χ0v) is 25.1. The maximum absolute atomic E-state index is 14.1. The number of hydrogen-bond acceptors (Lipinski definition) is 10. The van der Waals surface area contributed by atoms with E-state index in [9.17, 15) is 29.7 Å². The number of carbonyl (C=O) groups excluding carboxylic acids is 3. The Morgan fingerprint density at radius 1 is 1.04 bits per heavy atom. The summed E-state index contributed by atoms with van der Waals surface area (Å²) in [6.07, 6.45) is 0.294. The first-order valence-electron chi connectivity index (χ1n) is 14.9. The molecule has 0 saturated heterocycles. The summed E-state index contributed by atoms with van der Waals surface area (Å²) in [4.78, 5) is 42.7. The van der Waals surface area contributed by atoms with Gasteiger partial charge in [0.15, 0.2) is 22.9 Å². The molecule has 0 radical (unpaired) electrons. The van der Waals surface area contributed by atoms with Crippen LogP contribution >= 0.6 is 0 Å². The van der Waals surface area contributed by atoms with Gasteiger partial charge in [-0.2, -0.15) is 0 Å². The molecule has 11 nitrogen and oxygen atoms in total. The molecule has 3 aromatic carbocycles. The molecule has 4 aliphatic rings. The van der Waals surface area contributed by atoms with E-state index >= 15 is 0 Å². The van der Waals surface area contributed by atoms with Crippen LogP contribution in [0.25, 0.3) is 11.1 Å². The first kappa shape index (κ1) is 29.6. The van der Waals surface area contributed by atoms with Crippen LogP contribution < -0.4 is 15.2 Å². The lowest BCUT2D eigenvalue weighted by atomic mass is 9.58. The fourth-order valence-corrected chi connectivity index (χ4v) is 7.45. The van der Waals surface area contributed by atoms with Gasteiger partial charge < -0.3 is 35.3 Å². The summed E-state index contributed by atoms with van der Waals surface area (Å²) in [5, 5.41) is 34.8. The number of amides is 1. The minimum atomic E-state index is -2.64. The highest BCUT2D eigenvalue weighted by Gasteiger charge is 2.63. The highest BCUT2D eigenvalue weighted by Crippen LogP contribution is 2.53. The van der Waals surface area contributed by atoms with Gasteiger partial charge in [-0.05, 0) is 73.3 Å². The first-order chi connectivity index (χ1) is 22.0. The minimum absolute atomic E-state index is 0.00138. The van der Waals surface area contributed by atoms with Crippen molar-refractivity contribution in [2.24, 2.45) is 17.6 Å². The van der Waals surface area contributed by atoms with Crippen molar-refractivity contribution in [2.45, 2.75) is 31.1 Å². The number of benzene rings is 3. The van der Waals surface area contributed by atoms with E-state index in [1.807, 2.05) is 36.4 Å². The van der Waals surface area contributed by atoms with Gasteiger partial charge in [-0.3, -0.25) is 19.3 Å². The van der Waals surface area contributed by atoms with Crippen molar-refractivity contribution in [2.75, 3.05) is 20.9 Å². The van der Waals surface area contributed by atoms with Crippen LogP contribution in [-0.4, -0.2) is 70.2 Å². The van der Waals surface area contributed by atoms with Crippen molar-refractivity contribution in [1.82, 2.24) is 4.90 Å². The number of carbonyl (C=O) groups is 3. The Hall–Kier alpha value is -5.13. The second-order valence-electron chi connectivity index (χ2n) is 12.3. The number of primary amides is 1. The predicted octanol–water partition coefficient (Wildman–Crippen LogP) is 3.18. The van der Waals surface area contributed by atoms with Crippen molar-refractivity contribution >= 4 is 17.5 Å². The lowest BCUT2D eigenvalue weighted by Gasteiger charge is -2.50. The Labute approximate surface area is 264 Å². The second-order valence-corrected chi connectivity index (χ2v) is 12.3. The summed E-state index contributed by atoms with van der Waals surface area (Å²) in [5.74, 6) is -4.61. The molecule has 3 aromatic rings. The predicted molar refractivity (Wildman–Crippen MR) is 164 cm³/mol. The molecule has 1 amide bonds. The third-order valence-corrected chi connectivity index (χ3v) is 9.51. The number of Topliss-reactive ketones (excluding diaryl/α,β-unsaturated/α-hetero) is 2. The quantitative estimate of drug-likeness (QED) is 0.299. The van der Waals surface area contributed by atoms with E-state index in [-0.39, 0.29) is 48.9 Å². The zero-order chi connectivity index (χ0) is 32.5. The van der Waals surface area contributed by atoms with E-state index in [2.05, 4.69) is 0 Å². The molecule has 7 rings (SSSR count). The van der Waals surface area contributed by atoms with Crippen molar-refractivity contribution in [3.05, 3.63) is 100 Å². The standard InChI is InChI=1S/C35H32N2O9/c1-37(2)29-22-13-19-12-21-20(18-8-11-24-25(14-18)46-16-45-24)9-10-23(38)27(21)30(39)26(19)32(40)35(22,43)33(41)28(34(36)42)31(29)44-15-17-6-4-3-5-7-17/h3-11,14,19,22,29,38,40,43H,12-13,15-16H2,1-2H3,(H2,36,42)/t19-,22-,29?,35-/m0/s1. The summed E-state index contributed by atoms with van der Waals surface area (Å²) in [7, 11) is 3.41. The number of aliphatic hydroxyl groups excluding tert-OH is 1. The monoisotopic (exact) mass is 624 g/mol. The third kappa shape index (κ3) is 4.30. The number of phenols is 1. The Morgan fingerprint density at radius 3 is 2.50 bits per heavy atom. The molecule has 0 fully saturated rings. The number of nitrogens with two attached hydrogens (primary N) is 1. The van der Waals surface area contributed by atoms with Crippen LogP contribution in [0.15, 0.2) is 83.3 Å². The summed E-state index contributed by atoms with van der Waals surface area (Å²) in [6.45, 7) is 0.121. The number of phenolic OH excluding ortho intramolecular Hbond substituents is 1. The lowest BCUT2D eigenvalue weighted by molar-refractivity contribution is -0.149. The maximum atomic E-state index is 14.1. The number of fused-ring (bicyclic) bond motifs is 4. The molecule has 236 valence electrons. The zero-order valence-electron chi connectivity index (χ0n) is 25.1. The number of rotatable bonds is 6. The Kier molecular flexibility index (Phi) is 6.91. The normalized spacial score (nSPS) is 24.9. The molecular weight excluding hydrogens is 592 g/mol. The lowest BCUT2D eigenvalue weighted by Crippen LogP contribution is -2.64. The molecule has 1 aliphatic heterocycles. The summed E-state index contributed by atoms with van der Waals surface area (Å²) in [5.41, 5.74) is 5.07. The fourth-order valence-electron chi connectivity index (χ4n) is 7.45. The SMILES string of the molecule is CN(C)C1C(OCc2ccccc2)=C(C(N)=O)C(=O)[C@@]2(O)C(O)=C3C(=O)c4c(O)ccc(-c5ccc6c(c5)OCO6)c4C[C@H]3C[C@@H]12. The van der Waals surface area contributed by atoms with Gasteiger partial charge in [-0.15, -0.1) is 0 Å². The molecule has 1 unspecified atom stereocenters. The largest absolute Gasteiger partial charge is 0.508 e. The van der Waals surface area contributed by atoms with Crippen LogP contribution in [0.1, 0.15) is 27.9 Å². The molecule has 0 bridgehead atoms. The van der Waals surface area contributed by atoms with E-state index in [0.717, 1.165) is 11.1 Å². The summed E-state index contributed by atoms with van der Waals surface area (Å²) >= 11 is 0. The molecule has 0 aromatic heterocycles. The van der Waals surface area contributed by atoms with Gasteiger partial charge in [0.05, 0.1) is 11.6 Å². The molecule has 1 heterocycles. The van der Waals surface area contributed by atoms with Gasteiger partial charge in [0.2, 0.25) is 12.6 Å². The number of ketones is 2. The molecule has 11 heteroatoms. The third-order valence-electron chi connectivity index (χ3n) is 9.51. The number of aliphatic hydroxyl groups is 2. The first-order valence-corrected chi connectivity index (χ1v) is 14.9. The minimum Gasteiger partial charge on any atom is -0.508 e. The van der Waals surface area contributed by atoms with Crippen LogP contribution in [0, 0.1) is 11.8 Å². The average molecular weight is 625 g/mol. The maximum Gasteiger partial charge on any atom is 0.255 e. The molecular formula is C35H32N2O9. The molecule has 4 atom stereocenters. The van der Waals surface area contributed by atoms with Gasteiger partial charge >= 0.3 is 0 Å². The van der Waals surface area contributed by atoms with Crippen LogP contribution in [0.3, 0.4) is 0 Å².